The molecule has 1 unspecified atom stereocenters. The van der Waals surface area contributed by atoms with E-state index in [1.54, 1.807) is 6.92 Å². The average molecular weight is 221 g/mol. The van der Waals surface area contributed by atoms with Gasteiger partial charge in [-0.1, -0.05) is 0 Å². The van der Waals surface area contributed by atoms with E-state index in [0.717, 1.165) is 19.3 Å². The first-order valence-electron chi connectivity index (χ1n) is 4.52. The second-order valence-electron chi connectivity index (χ2n) is 4.04. The van der Waals surface area contributed by atoms with Crippen LogP contribution in [0.25, 0.3) is 0 Å². The van der Waals surface area contributed by atoms with Crippen LogP contribution in [0.15, 0.2) is 0 Å². The van der Waals surface area contributed by atoms with Gasteiger partial charge in [0, 0.05) is 5.54 Å². The highest BCUT2D eigenvalue weighted by atomic mass is 32.2. The van der Waals surface area contributed by atoms with E-state index in [9.17, 15) is 13.2 Å². The smallest absolute Gasteiger partial charge is 0.323 e. The minimum absolute atomic E-state index is 0.428. The highest BCUT2D eigenvalue weighted by Crippen LogP contribution is 2.32. The topological polar surface area (TPSA) is 83.5 Å². The lowest BCUT2D eigenvalue weighted by atomic mass is 9.80. The van der Waals surface area contributed by atoms with Gasteiger partial charge in [-0.2, -0.15) is 0 Å². The van der Waals surface area contributed by atoms with Crippen LogP contribution in [0.3, 0.4) is 0 Å². The molecule has 0 saturated heterocycles. The monoisotopic (exact) mass is 221 g/mol. The Balaban J connectivity index is 2.71. The molecule has 0 aromatic heterocycles. The molecule has 0 heterocycles. The van der Waals surface area contributed by atoms with Gasteiger partial charge in [-0.3, -0.25) is 4.79 Å². The Morgan fingerprint density at radius 1 is 1.50 bits per heavy atom. The third-order valence-electron chi connectivity index (χ3n) is 2.66. The molecule has 1 saturated carbocycles. The summed E-state index contributed by atoms with van der Waals surface area (Å²) in [6, 6.07) is 0. The molecule has 0 bridgehead atoms. The fourth-order valence-corrected chi connectivity index (χ4v) is 2.71. The van der Waals surface area contributed by atoms with E-state index < -0.39 is 26.8 Å². The van der Waals surface area contributed by atoms with Crippen LogP contribution in [0, 0.1) is 0 Å². The van der Waals surface area contributed by atoms with Crippen molar-refractivity contribution in [3.05, 3.63) is 0 Å². The Morgan fingerprint density at radius 2 is 2.00 bits per heavy atom. The number of hydrogen-bond donors (Lipinski definition) is 2. The molecule has 6 heteroatoms. The van der Waals surface area contributed by atoms with Crippen LogP contribution in [-0.4, -0.2) is 30.3 Å². The standard InChI is InChI=1S/C8H15NO4S/c1-6(7(10)11)14(12,13)9-8(2)4-3-5-8/h6,9H,3-5H2,1-2H3,(H,10,11). The predicted molar refractivity (Wildman–Crippen MR) is 51.4 cm³/mol. The summed E-state index contributed by atoms with van der Waals surface area (Å²) in [6.45, 7) is 2.97. The van der Waals surface area contributed by atoms with Gasteiger partial charge in [-0.25, -0.2) is 13.1 Å². The Morgan fingerprint density at radius 3 is 2.29 bits per heavy atom. The lowest BCUT2D eigenvalue weighted by Crippen LogP contribution is -2.54. The van der Waals surface area contributed by atoms with Crippen LogP contribution < -0.4 is 4.72 Å². The SMILES string of the molecule is CC(C(=O)O)S(=O)(=O)NC1(C)CCC1. The van der Waals surface area contributed by atoms with Crippen LogP contribution in [0.5, 0.6) is 0 Å². The molecule has 1 rings (SSSR count). The Labute approximate surface area is 83.6 Å². The molecule has 14 heavy (non-hydrogen) atoms. The lowest BCUT2D eigenvalue weighted by molar-refractivity contribution is -0.136. The summed E-state index contributed by atoms with van der Waals surface area (Å²) in [5, 5.41) is 7.20. The molecule has 0 radical (unpaired) electrons. The van der Waals surface area contributed by atoms with Gasteiger partial charge in [-0.15, -0.1) is 0 Å². The van der Waals surface area contributed by atoms with E-state index in [2.05, 4.69) is 4.72 Å². The number of hydrogen-bond acceptors (Lipinski definition) is 3. The van der Waals surface area contributed by atoms with Crippen molar-refractivity contribution in [1.29, 1.82) is 0 Å². The number of nitrogens with one attached hydrogen (secondary N) is 1. The molecule has 0 amide bonds. The second-order valence-corrected chi connectivity index (χ2v) is 6.04. The molecule has 0 aromatic carbocycles. The summed E-state index contributed by atoms with van der Waals surface area (Å²) >= 11 is 0. The Bertz CT molecular complexity index is 331. The highest BCUT2D eigenvalue weighted by molar-refractivity contribution is 7.90. The van der Waals surface area contributed by atoms with Gasteiger partial charge in [0.1, 0.15) is 0 Å². The van der Waals surface area contributed by atoms with E-state index in [1.807, 2.05) is 0 Å². The molecule has 1 fully saturated rings. The lowest BCUT2D eigenvalue weighted by Gasteiger charge is -2.39. The molecular weight excluding hydrogens is 206 g/mol. The zero-order valence-corrected chi connectivity index (χ0v) is 9.10. The summed E-state index contributed by atoms with van der Waals surface area (Å²) in [5.74, 6) is -1.32. The molecule has 0 aliphatic heterocycles. The van der Waals surface area contributed by atoms with Crippen molar-refractivity contribution >= 4 is 16.0 Å². The first-order valence-corrected chi connectivity index (χ1v) is 6.07. The first-order chi connectivity index (χ1) is 6.27. The predicted octanol–water partition coefficient (Wildman–Crippen LogP) is 0.321. The number of rotatable bonds is 4. The Kier molecular flexibility index (Phi) is 2.87. The van der Waals surface area contributed by atoms with Gasteiger partial charge in [0.25, 0.3) is 0 Å². The Hall–Kier alpha value is -0.620. The quantitative estimate of drug-likeness (QED) is 0.716. The molecule has 0 spiro atoms. The maximum absolute atomic E-state index is 11.5. The maximum atomic E-state index is 11.5. The molecule has 0 aromatic rings. The van der Waals surface area contributed by atoms with Crippen molar-refractivity contribution < 1.29 is 18.3 Å². The van der Waals surface area contributed by atoms with E-state index in [1.165, 1.54) is 6.92 Å². The summed E-state index contributed by atoms with van der Waals surface area (Å²) in [7, 11) is -3.73. The van der Waals surface area contributed by atoms with Gasteiger partial charge in [0.05, 0.1) is 0 Å². The number of carbonyl (C=O) groups is 1. The van der Waals surface area contributed by atoms with Crippen molar-refractivity contribution in [2.75, 3.05) is 0 Å². The van der Waals surface area contributed by atoms with Crippen LogP contribution in [0.2, 0.25) is 0 Å². The van der Waals surface area contributed by atoms with Crippen molar-refractivity contribution in [2.24, 2.45) is 0 Å². The van der Waals surface area contributed by atoms with Crippen LogP contribution in [0.1, 0.15) is 33.1 Å². The van der Waals surface area contributed by atoms with Crippen molar-refractivity contribution in [3.63, 3.8) is 0 Å². The van der Waals surface area contributed by atoms with Crippen LogP contribution in [0.4, 0.5) is 0 Å². The molecule has 5 nitrogen and oxygen atoms in total. The molecule has 82 valence electrons. The third-order valence-corrected chi connectivity index (χ3v) is 4.57. The van der Waals surface area contributed by atoms with Gasteiger partial charge >= 0.3 is 5.97 Å². The summed E-state index contributed by atoms with van der Waals surface area (Å²) in [4.78, 5) is 10.5. The van der Waals surface area contributed by atoms with Gasteiger partial charge in [-0.05, 0) is 33.1 Å². The summed E-state index contributed by atoms with van der Waals surface area (Å²) < 4.78 is 25.4. The zero-order valence-electron chi connectivity index (χ0n) is 8.28. The van der Waals surface area contributed by atoms with Crippen molar-refractivity contribution in [1.82, 2.24) is 4.72 Å². The number of carboxylic acids is 1. The molecular formula is C8H15NO4S. The van der Waals surface area contributed by atoms with Crippen molar-refractivity contribution in [3.8, 4) is 0 Å². The largest absolute Gasteiger partial charge is 0.480 e. The fourth-order valence-electron chi connectivity index (χ4n) is 1.37. The van der Waals surface area contributed by atoms with E-state index in [-0.39, 0.29) is 0 Å². The molecule has 2 N–H and O–H groups in total. The van der Waals surface area contributed by atoms with Crippen LogP contribution >= 0.6 is 0 Å². The number of carboxylic acid groups (broad SMARTS) is 1. The molecule has 1 atom stereocenters. The molecule has 1 aliphatic rings. The minimum atomic E-state index is -3.73. The van der Waals surface area contributed by atoms with Gasteiger partial charge in [0.15, 0.2) is 5.25 Å². The minimum Gasteiger partial charge on any atom is -0.480 e. The fraction of sp³-hybridized carbons (Fsp3) is 0.875. The second kappa shape index (κ2) is 3.51. The maximum Gasteiger partial charge on any atom is 0.323 e. The van der Waals surface area contributed by atoms with E-state index in [4.69, 9.17) is 5.11 Å². The first kappa shape index (κ1) is 11.5. The zero-order chi connectivity index (χ0) is 11.0. The van der Waals surface area contributed by atoms with Gasteiger partial charge < -0.3 is 5.11 Å². The number of aliphatic carboxylic acids is 1. The van der Waals surface area contributed by atoms with Crippen molar-refractivity contribution in [2.45, 2.75) is 43.9 Å². The molecule has 1 aliphatic carbocycles. The summed E-state index contributed by atoms with van der Waals surface area (Å²) in [5.41, 5.74) is -0.428. The summed E-state index contributed by atoms with van der Waals surface area (Å²) in [6.07, 6.45) is 2.54. The number of sulfonamides is 1. The van der Waals surface area contributed by atoms with Gasteiger partial charge in [0.2, 0.25) is 10.0 Å². The normalized spacial score (nSPS) is 22.4. The van der Waals surface area contributed by atoms with E-state index >= 15 is 0 Å². The van der Waals surface area contributed by atoms with E-state index in [0.29, 0.717) is 0 Å². The highest BCUT2D eigenvalue weighted by Gasteiger charge is 2.39. The third kappa shape index (κ3) is 2.24. The average Bonchev–Trinajstić information content (AvgIpc) is 1.99. The van der Waals surface area contributed by atoms with Crippen LogP contribution in [-0.2, 0) is 14.8 Å².